The number of nitrogens with zero attached hydrogens (tertiary/aromatic N) is 2. The molecule has 0 aliphatic carbocycles. The molecule has 0 amide bonds. The van der Waals surface area contributed by atoms with Crippen LogP contribution < -0.4 is 5.32 Å². The van der Waals surface area contributed by atoms with E-state index >= 15 is 0 Å². The summed E-state index contributed by atoms with van der Waals surface area (Å²) in [6, 6.07) is 5.55. The normalized spacial score (nSPS) is 12.6. The molecule has 2 rings (SSSR count). The molecule has 0 spiro atoms. The summed E-state index contributed by atoms with van der Waals surface area (Å²) in [7, 11) is 3.54. The van der Waals surface area contributed by atoms with E-state index < -0.39 is 0 Å². The number of rotatable bonds is 6. The minimum Gasteiger partial charge on any atom is -0.383 e. The van der Waals surface area contributed by atoms with Gasteiger partial charge in [-0.05, 0) is 30.8 Å². The summed E-state index contributed by atoms with van der Waals surface area (Å²) in [4.78, 5) is 0. The minimum atomic E-state index is -0.120. The predicted octanol–water partition coefficient (Wildman–Crippen LogP) is 3.91. The monoisotopic (exact) mass is 391 g/mol. The van der Waals surface area contributed by atoms with Crippen molar-refractivity contribution in [1.82, 2.24) is 15.1 Å². The van der Waals surface area contributed by atoms with Gasteiger partial charge in [-0.15, -0.1) is 0 Å². The number of aromatic nitrogens is 2. The Morgan fingerprint density at radius 1 is 1.43 bits per heavy atom. The van der Waals surface area contributed by atoms with Crippen LogP contribution in [0, 0.1) is 0 Å². The van der Waals surface area contributed by atoms with Crippen molar-refractivity contribution in [2.45, 2.75) is 12.6 Å². The Morgan fingerprint density at radius 3 is 2.86 bits per heavy atom. The Hall–Kier alpha value is -0.590. The first-order chi connectivity index (χ1) is 10.1. The second-order valence-corrected chi connectivity index (χ2v) is 6.18. The molecular formula is C14H16BrCl2N3O. The second kappa shape index (κ2) is 7.61. The maximum Gasteiger partial charge on any atom is 0.0837 e. The average molecular weight is 393 g/mol. The van der Waals surface area contributed by atoms with Gasteiger partial charge in [0.05, 0.1) is 36.1 Å². The lowest BCUT2D eigenvalue weighted by atomic mass is 10.0. The van der Waals surface area contributed by atoms with Gasteiger partial charge in [0.2, 0.25) is 0 Å². The van der Waals surface area contributed by atoms with E-state index in [2.05, 4.69) is 26.3 Å². The van der Waals surface area contributed by atoms with Gasteiger partial charge in [0.1, 0.15) is 0 Å². The topological polar surface area (TPSA) is 39.1 Å². The molecule has 1 heterocycles. The molecule has 0 radical (unpaired) electrons. The van der Waals surface area contributed by atoms with Crippen LogP contribution in [-0.4, -0.2) is 30.5 Å². The Kier molecular flexibility index (Phi) is 6.08. The van der Waals surface area contributed by atoms with Crippen LogP contribution in [0.4, 0.5) is 0 Å². The lowest BCUT2D eigenvalue weighted by Gasteiger charge is -2.20. The number of benzene rings is 1. The highest BCUT2D eigenvalue weighted by Crippen LogP contribution is 2.33. The lowest BCUT2D eigenvalue weighted by Crippen LogP contribution is -2.23. The van der Waals surface area contributed by atoms with E-state index in [1.165, 1.54) is 0 Å². The van der Waals surface area contributed by atoms with Gasteiger partial charge in [-0.1, -0.05) is 39.1 Å². The fourth-order valence-electron chi connectivity index (χ4n) is 2.19. The lowest BCUT2D eigenvalue weighted by molar-refractivity contribution is 0.182. The third-order valence-electron chi connectivity index (χ3n) is 3.17. The molecule has 0 saturated heterocycles. The number of halogens is 3. The molecule has 1 unspecified atom stereocenters. The molecular weight excluding hydrogens is 377 g/mol. The first kappa shape index (κ1) is 16.8. The number of hydrogen-bond donors (Lipinski definition) is 1. The van der Waals surface area contributed by atoms with Gasteiger partial charge >= 0.3 is 0 Å². The zero-order valence-corrected chi connectivity index (χ0v) is 14.8. The SMILES string of the molecule is CNC(c1cc(Cl)ccc1Br)c1c(Cl)cnn1CCOC. The molecule has 0 aliphatic rings. The van der Waals surface area contributed by atoms with Gasteiger partial charge in [0.25, 0.3) is 0 Å². The summed E-state index contributed by atoms with van der Waals surface area (Å²) in [5.41, 5.74) is 1.89. The largest absolute Gasteiger partial charge is 0.383 e. The molecule has 2 aromatic rings. The van der Waals surface area contributed by atoms with Crippen LogP contribution in [-0.2, 0) is 11.3 Å². The van der Waals surface area contributed by atoms with Crippen molar-refractivity contribution in [1.29, 1.82) is 0 Å². The maximum absolute atomic E-state index is 6.33. The summed E-state index contributed by atoms with van der Waals surface area (Å²) in [5.74, 6) is 0. The smallest absolute Gasteiger partial charge is 0.0837 e. The van der Waals surface area contributed by atoms with Crippen molar-refractivity contribution < 1.29 is 4.74 Å². The zero-order valence-electron chi connectivity index (χ0n) is 11.7. The van der Waals surface area contributed by atoms with Crippen LogP contribution in [0.3, 0.4) is 0 Å². The molecule has 1 aromatic heterocycles. The van der Waals surface area contributed by atoms with Crippen LogP contribution in [0.25, 0.3) is 0 Å². The highest BCUT2D eigenvalue weighted by molar-refractivity contribution is 9.10. The van der Waals surface area contributed by atoms with Gasteiger partial charge < -0.3 is 10.1 Å². The minimum absolute atomic E-state index is 0.120. The van der Waals surface area contributed by atoms with Gasteiger partial charge in [-0.25, -0.2) is 0 Å². The van der Waals surface area contributed by atoms with E-state index in [0.717, 1.165) is 15.7 Å². The van der Waals surface area contributed by atoms with E-state index in [0.29, 0.717) is 23.2 Å². The fourth-order valence-corrected chi connectivity index (χ4v) is 3.10. The highest BCUT2D eigenvalue weighted by Gasteiger charge is 2.22. The van der Waals surface area contributed by atoms with E-state index in [9.17, 15) is 0 Å². The van der Waals surface area contributed by atoms with Crippen molar-refractivity contribution in [2.75, 3.05) is 20.8 Å². The number of hydrogen-bond acceptors (Lipinski definition) is 3. The van der Waals surface area contributed by atoms with E-state index in [1.54, 1.807) is 13.3 Å². The highest BCUT2D eigenvalue weighted by atomic mass is 79.9. The summed E-state index contributed by atoms with van der Waals surface area (Å²) in [5, 5.41) is 8.87. The first-order valence-corrected chi connectivity index (χ1v) is 7.95. The molecule has 114 valence electrons. The molecule has 0 aliphatic heterocycles. The van der Waals surface area contributed by atoms with Crippen LogP contribution in [0.2, 0.25) is 10.0 Å². The summed E-state index contributed by atoms with van der Waals surface area (Å²) in [6.45, 7) is 1.20. The van der Waals surface area contributed by atoms with E-state index in [4.69, 9.17) is 27.9 Å². The molecule has 0 fully saturated rings. The molecule has 21 heavy (non-hydrogen) atoms. The fraction of sp³-hybridized carbons (Fsp3) is 0.357. The summed E-state index contributed by atoms with van der Waals surface area (Å²) >= 11 is 16.0. The van der Waals surface area contributed by atoms with Crippen LogP contribution >= 0.6 is 39.1 Å². The Labute approximate surface area is 142 Å². The molecule has 1 aromatic carbocycles. The molecule has 1 N–H and O–H groups in total. The van der Waals surface area contributed by atoms with Crippen molar-refractivity contribution in [3.63, 3.8) is 0 Å². The Balaban J connectivity index is 2.46. The van der Waals surface area contributed by atoms with E-state index in [1.807, 2.05) is 29.9 Å². The predicted molar refractivity (Wildman–Crippen MR) is 89.2 cm³/mol. The van der Waals surface area contributed by atoms with Gasteiger partial charge in [-0.2, -0.15) is 5.10 Å². The average Bonchev–Trinajstić information content (AvgIpc) is 2.83. The van der Waals surface area contributed by atoms with E-state index in [-0.39, 0.29) is 6.04 Å². The summed E-state index contributed by atoms with van der Waals surface area (Å²) in [6.07, 6.45) is 1.65. The van der Waals surface area contributed by atoms with Crippen LogP contribution in [0.5, 0.6) is 0 Å². The number of ether oxygens (including phenoxy) is 1. The van der Waals surface area contributed by atoms with Crippen molar-refractivity contribution >= 4 is 39.1 Å². The quantitative estimate of drug-likeness (QED) is 0.809. The Morgan fingerprint density at radius 2 is 2.19 bits per heavy atom. The van der Waals surface area contributed by atoms with Crippen molar-refractivity contribution in [3.05, 3.63) is 50.2 Å². The standard InChI is InChI=1S/C14H16BrCl2N3O/c1-18-13(10-7-9(16)3-4-11(10)15)14-12(17)8-19-20(14)5-6-21-2/h3-4,7-8,13,18H,5-6H2,1-2H3. The summed E-state index contributed by atoms with van der Waals surface area (Å²) < 4.78 is 7.92. The third kappa shape index (κ3) is 3.79. The first-order valence-electron chi connectivity index (χ1n) is 6.40. The van der Waals surface area contributed by atoms with Crippen molar-refractivity contribution in [3.8, 4) is 0 Å². The maximum atomic E-state index is 6.33. The second-order valence-electron chi connectivity index (χ2n) is 4.48. The van der Waals surface area contributed by atoms with Crippen LogP contribution in [0.1, 0.15) is 17.3 Å². The van der Waals surface area contributed by atoms with Gasteiger partial charge in [0.15, 0.2) is 0 Å². The van der Waals surface area contributed by atoms with Gasteiger partial charge in [-0.3, -0.25) is 4.68 Å². The van der Waals surface area contributed by atoms with Gasteiger partial charge in [0, 0.05) is 16.6 Å². The molecule has 0 bridgehead atoms. The molecule has 4 nitrogen and oxygen atoms in total. The van der Waals surface area contributed by atoms with Crippen molar-refractivity contribution in [2.24, 2.45) is 0 Å². The van der Waals surface area contributed by atoms with Crippen LogP contribution in [0.15, 0.2) is 28.9 Å². The zero-order chi connectivity index (χ0) is 15.4. The molecule has 0 saturated carbocycles. The number of nitrogens with one attached hydrogen (secondary N) is 1. The number of methoxy groups -OCH3 is 1. The molecule has 7 heteroatoms. The molecule has 1 atom stereocenters. The third-order valence-corrected chi connectivity index (χ3v) is 4.42. The Bertz CT molecular complexity index is 618.